The lowest BCUT2D eigenvalue weighted by Crippen LogP contribution is -1.86. The number of nitrogen functional groups attached to an aromatic ring is 1. The molecule has 10 heavy (non-hydrogen) atoms. The topological polar surface area (TPSA) is 26.0 Å². The zero-order valence-corrected chi connectivity index (χ0v) is 7.61. The lowest BCUT2D eigenvalue weighted by Gasteiger charge is -1.99. The molecule has 0 unspecified atom stereocenters. The maximum atomic E-state index is 5.61. The predicted octanol–water partition coefficient (Wildman–Crippen LogP) is 2.77. The zero-order valence-electron chi connectivity index (χ0n) is 5.27. The van der Waals surface area contributed by atoms with Crippen molar-refractivity contribution in [3.8, 4) is 0 Å². The van der Waals surface area contributed by atoms with E-state index in [0.29, 0.717) is 5.88 Å². The van der Waals surface area contributed by atoms with Crippen LogP contribution in [0.4, 0.5) is 5.69 Å². The van der Waals surface area contributed by atoms with Crippen LogP contribution >= 0.6 is 27.5 Å². The van der Waals surface area contributed by atoms with Crippen molar-refractivity contribution >= 4 is 33.2 Å². The molecule has 0 atom stereocenters. The van der Waals surface area contributed by atoms with Crippen molar-refractivity contribution in [1.82, 2.24) is 0 Å². The summed E-state index contributed by atoms with van der Waals surface area (Å²) < 4.78 is 0.975. The van der Waals surface area contributed by atoms with Gasteiger partial charge in [-0.05, 0) is 17.7 Å². The van der Waals surface area contributed by atoms with E-state index in [2.05, 4.69) is 15.9 Å². The van der Waals surface area contributed by atoms with Gasteiger partial charge >= 0.3 is 0 Å². The van der Waals surface area contributed by atoms with E-state index in [0.717, 1.165) is 15.7 Å². The van der Waals surface area contributed by atoms with Gasteiger partial charge in [0.25, 0.3) is 0 Å². The highest BCUT2D eigenvalue weighted by molar-refractivity contribution is 9.10. The van der Waals surface area contributed by atoms with E-state index in [1.807, 2.05) is 18.2 Å². The van der Waals surface area contributed by atoms with E-state index in [1.54, 1.807) is 0 Å². The lowest BCUT2D eigenvalue weighted by atomic mass is 10.2. The van der Waals surface area contributed by atoms with Gasteiger partial charge in [0.2, 0.25) is 0 Å². The number of alkyl halides is 1. The fraction of sp³-hybridized carbons (Fsp3) is 0.143. The van der Waals surface area contributed by atoms with Gasteiger partial charge in [0, 0.05) is 16.0 Å². The van der Waals surface area contributed by atoms with Crippen LogP contribution in [0.1, 0.15) is 5.56 Å². The quantitative estimate of drug-likeness (QED) is 0.572. The first-order valence-corrected chi connectivity index (χ1v) is 4.16. The minimum Gasteiger partial charge on any atom is -0.399 e. The molecule has 3 heteroatoms. The number of hydrogen-bond acceptors (Lipinski definition) is 1. The summed E-state index contributed by atoms with van der Waals surface area (Å²) in [6.45, 7) is 0. The highest BCUT2D eigenvalue weighted by Gasteiger charge is 1.96. The highest BCUT2D eigenvalue weighted by Crippen LogP contribution is 2.20. The maximum Gasteiger partial charge on any atom is 0.0485 e. The minimum atomic E-state index is 0.515. The number of nitrogens with two attached hydrogens (primary N) is 1. The fourth-order valence-corrected chi connectivity index (χ4v) is 1.60. The number of benzene rings is 1. The van der Waals surface area contributed by atoms with E-state index < -0.39 is 0 Å². The van der Waals surface area contributed by atoms with Crippen molar-refractivity contribution in [3.05, 3.63) is 28.2 Å². The number of halogens is 2. The average molecular weight is 220 g/mol. The fourth-order valence-electron chi connectivity index (χ4n) is 0.672. The van der Waals surface area contributed by atoms with Crippen LogP contribution in [0, 0.1) is 0 Å². The van der Waals surface area contributed by atoms with Crippen molar-refractivity contribution in [2.45, 2.75) is 5.88 Å². The van der Waals surface area contributed by atoms with Crippen molar-refractivity contribution in [2.75, 3.05) is 5.73 Å². The third-order valence-corrected chi connectivity index (χ3v) is 2.25. The van der Waals surface area contributed by atoms with Gasteiger partial charge in [0.05, 0.1) is 0 Å². The lowest BCUT2D eigenvalue weighted by molar-refractivity contribution is 1.37. The normalized spacial score (nSPS) is 9.80. The van der Waals surface area contributed by atoms with Crippen molar-refractivity contribution in [1.29, 1.82) is 0 Å². The van der Waals surface area contributed by atoms with E-state index in [-0.39, 0.29) is 0 Å². The van der Waals surface area contributed by atoms with Crippen LogP contribution in [-0.2, 0) is 5.88 Å². The summed E-state index contributed by atoms with van der Waals surface area (Å²) in [5, 5.41) is 0. The van der Waals surface area contributed by atoms with Crippen LogP contribution < -0.4 is 5.73 Å². The molecule has 1 nitrogen and oxygen atoms in total. The average Bonchev–Trinajstić information content (AvgIpc) is 1.88. The first kappa shape index (κ1) is 7.89. The van der Waals surface area contributed by atoms with E-state index >= 15 is 0 Å². The molecule has 0 bridgehead atoms. The third kappa shape index (κ3) is 1.64. The molecular weight excluding hydrogens is 213 g/mol. The Hall–Kier alpha value is -0.210. The molecule has 0 amide bonds. The SMILES string of the molecule is Nc1ccc(CCl)c(Br)c1. The molecule has 0 aliphatic carbocycles. The van der Waals surface area contributed by atoms with Crippen LogP contribution in [0.5, 0.6) is 0 Å². The Kier molecular flexibility index (Phi) is 2.57. The van der Waals surface area contributed by atoms with Gasteiger partial charge in [-0.2, -0.15) is 0 Å². The van der Waals surface area contributed by atoms with Gasteiger partial charge in [0.15, 0.2) is 0 Å². The summed E-state index contributed by atoms with van der Waals surface area (Å²) >= 11 is 8.96. The molecule has 0 heterocycles. The Morgan fingerprint density at radius 2 is 2.20 bits per heavy atom. The molecule has 0 saturated carbocycles. The molecular formula is C7H7BrClN. The summed E-state index contributed by atoms with van der Waals surface area (Å²) in [6.07, 6.45) is 0. The maximum absolute atomic E-state index is 5.61. The molecule has 0 radical (unpaired) electrons. The molecule has 0 aromatic heterocycles. The first-order chi connectivity index (χ1) is 4.74. The van der Waals surface area contributed by atoms with E-state index in [9.17, 15) is 0 Å². The smallest absolute Gasteiger partial charge is 0.0485 e. The van der Waals surface area contributed by atoms with Gasteiger partial charge in [-0.1, -0.05) is 22.0 Å². The second-order valence-corrected chi connectivity index (χ2v) is 3.11. The molecule has 1 rings (SSSR count). The Bertz CT molecular complexity index is 237. The second kappa shape index (κ2) is 3.26. The monoisotopic (exact) mass is 219 g/mol. The van der Waals surface area contributed by atoms with Gasteiger partial charge in [-0.3, -0.25) is 0 Å². The Balaban J connectivity index is 3.07. The summed E-state index contributed by atoms with van der Waals surface area (Å²) in [5.74, 6) is 0.515. The van der Waals surface area contributed by atoms with Crippen LogP contribution in [0.3, 0.4) is 0 Å². The van der Waals surface area contributed by atoms with Crippen LogP contribution in [0.2, 0.25) is 0 Å². The highest BCUT2D eigenvalue weighted by atomic mass is 79.9. The van der Waals surface area contributed by atoms with Crippen LogP contribution in [0.25, 0.3) is 0 Å². The first-order valence-electron chi connectivity index (χ1n) is 2.84. The van der Waals surface area contributed by atoms with Gasteiger partial charge in [0.1, 0.15) is 0 Å². The van der Waals surface area contributed by atoms with Gasteiger partial charge < -0.3 is 5.73 Å². The standard InChI is InChI=1S/C7H7BrClN/c8-7-3-6(10)2-1-5(7)4-9/h1-3H,4,10H2. The summed E-state index contributed by atoms with van der Waals surface area (Å²) in [6, 6.07) is 5.59. The van der Waals surface area contributed by atoms with Crippen molar-refractivity contribution in [3.63, 3.8) is 0 Å². The molecule has 0 spiro atoms. The summed E-state index contributed by atoms with van der Waals surface area (Å²) in [7, 11) is 0. The predicted molar refractivity (Wildman–Crippen MR) is 48.1 cm³/mol. The van der Waals surface area contributed by atoms with Crippen molar-refractivity contribution in [2.24, 2.45) is 0 Å². The molecule has 1 aromatic carbocycles. The van der Waals surface area contributed by atoms with Gasteiger partial charge in [-0.25, -0.2) is 0 Å². The third-order valence-electron chi connectivity index (χ3n) is 1.22. The second-order valence-electron chi connectivity index (χ2n) is 1.98. The van der Waals surface area contributed by atoms with E-state index in [1.165, 1.54) is 0 Å². The van der Waals surface area contributed by atoms with Gasteiger partial charge in [-0.15, -0.1) is 11.6 Å². The molecule has 0 aliphatic rings. The van der Waals surface area contributed by atoms with Crippen LogP contribution in [-0.4, -0.2) is 0 Å². The molecule has 1 aromatic rings. The minimum absolute atomic E-state index is 0.515. The summed E-state index contributed by atoms with van der Waals surface area (Å²) in [5.41, 5.74) is 7.33. The Morgan fingerprint density at radius 1 is 1.50 bits per heavy atom. The zero-order chi connectivity index (χ0) is 7.56. The number of rotatable bonds is 1. The molecule has 0 aliphatic heterocycles. The largest absolute Gasteiger partial charge is 0.399 e. The molecule has 54 valence electrons. The van der Waals surface area contributed by atoms with Crippen LogP contribution in [0.15, 0.2) is 22.7 Å². The van der Waals surface area contributed by atoms with E-state index in [4.69, 9.17) is 17.3 Å². The Morgan fingerprint density at radius 3 is 2.70 bits per heavy atom. The Labute approximate surface area is 73.3 Å². The number of hydrogen-bond donors (Lipinski definition) is 1. The number of anilines is 1. The van der Waals surface area contributed by atoms with Crippen molar-refractivity contribution < 1.29 is 0 Å². The molecule has 2 N–H and O–H groups in total. The summed E-state index contributed by atoms with van der Waals surface area (Å²) in [4.78, 5) is 0. The molecule has 0 saturated heterocycles. The molecule has 0 fully saturated rings.